The lowest BCUT2D eigenvalue weighted by Gasteiger charge is -2.25. The summed E-state index contributed by atoms with van der Waals surface area (Å²) in [6.45, 7) is 0. The Balaban J connectivity index is 2.40. The van der Waals surface area contributed by atoms with Crippen molar-refractivity contribution < 1.29 is 10.2 Å². The van der Waals surface area contributed by atoms with Crippen LogP contribution in [-0.2, 0) is 6.42 Å². The number of rotatable bonds is 0. The molecule has 1 unspecified atom stereocenters. The first-order valence-electron chi connectivity index (χ1n) is 5.91. The molecule has 2 aliphatic rings. The van der Waals surface area contributed by atoms with E-state index in [2.05, 4.69) is 0 Å². The van der Waals surface area contributed by atoms with E-state index >= 15 is 0 Å². The fourth-order valence-corrected chi connectivity index (χ4v) is 2.65. The van der Waals surface area contributed by atoms with Gasteiger partial charge in [-0.1, -0.05) is 18.2 Å². The lowest BCUT2D eigenvalue weighted by Crippen LogP contribution is -2.19. The normalized spacial score (nSPS) is 20.7. The maximum absolute atomic E-state index is 10.3. The Labute approximate surface area is 105 Å². The van der Waals surface area contributed by atoms with E-state index in [1.807, 2.05) is 6.08 Å². The SMILES string of the molecule is N=C1C=CC(N)c2c(O)c3c(c(O)c21)C=CCC3. The number of phenols is 2. The molecule has 0 heterocycles. The summed E-state index contributed by atoms with van der Waals surface area (Å²) >= 11 is 0. The van der Waals surface area contributed by atoms with Crippen LogP contribution in [0, 0.1) is 5.41 Å². The van der Waals surface area contributed by atoms with Crippen molar-refractivity contribution in [2.75, 3.05) is 0 Å². The summed E-state index contributed by atoms with van der Waals surface area (Å²) in [5.41, 5.74) is 8.29. The summed E-state index contributed by atoms with van der Waals surface area (Å²) in [5.74, 6) is 0.183. The number of hydrogen-bond acceptors (Lipinski definition) is 4. The van der Waals surface area contributed by atoms with Gasteiger partial charge in [-0.2, -0.15) is 0 Å². The molecule has 0 saturated carbocycles. The molecule has 1 aromatic rings. The van der Waals surface area contributed by atoms with Crippen LogP contribution in [-0.4, -0.2) is 15.9 Å². The van der Waals surface area contributed by atoms with E-state index in [4.69, 9.17) is 11.1 Å². The highest BCUT2D eigenvalue weighted by molar-refractivity contribution is 6.12. The van der Waals surface area contributed by atoms with Crippen molar-refractivity contribution in [3.8, 4) is 11.5 Å². The maximum atomic E-state index is 10.3. The molecule has 2 aliphatic carbocycles. The molecular weight excluding hydrogens is 228 g/mol. The molecule has 4 nitrogen and oxygen atoms in total. The van der Waals surface area contributed by atoms with Gasteiger partial charge in [0.05, 0.1) is 17.3 Å². The van der Waals surface area contributed by atoms with Crippen molar-refractivity contribution in [1.82, 2.24) is 0 Å². The van der Waals surface area contributed by atoms with Gasteiger partial charge in [0.2, 0.25) is 0 Å². The van der Waals surface area contributed by atoms with Crippen LogP contribution < -0.4 is 5.73 Å². The molecular formula is C14H14N2O2. The van der Waals surface area contributed by atoms with Crippen LogP contribution >= 0.6 is 0 Å². The first kappa shape index (κ1) is 11.0. The molecule has 4 heteroatoms. The van der Waals surface area contributed by atoms with Crippen LogP contribution in [0.15, 0.2) is 18.2 Å². The van der Waals surface area contributed by atoms with E-state index < -0.39 is 6.04 Å². The molecule has 3 rings (SSSR count). The van der Waals surface area contributed by atoms with Gasteiger partial charge in [-0.25, -0.2) is 0 Å². The van der Waals surface area contributed by atoms with Gasteiger partial charge >= 0.3 is 0 Å². The van der Waals surface area contributed by atoms with Crippen molar-refractivity contribution in [2.24, 2.45) is 5.73 Å². The van der Waals surface area contributed by atoms with E-state index in [1.165, 1.54) is 0 Å². The quantitative estimate of drug-likeness (QED) is 0.524. The van der Waals surface area contributed by atoms with E-state index in [1.54, 1.807) is 18.2 Å². The van der Waals surface area contributed by atoms with Gasteiger partial charge in [-0.3, -0.25) is 0 Å². The molecule has 0 saturated heterocycles. The fraction of sp³-hybridized carbons (Fsp3) is 0.214. The van der Waals surface area contributed by atoms with E-state index in [0.717, 1.165) is 12.0 Å². The molecule has 0 amide bonds. The molecule has 1 aromatic carbocycles. The van der Waals surface area contributed by atoms with Crippen LogP contribution in [0.2, 0.25) is 0 Å². The Kier molecular flexibility index (Phi) is 2.28. The molecule has 0 bridgehead atoms. The van der Waals surface area contributed by atoms with Gasteiger partial charge < -0.3 is 21.4 Å². The average Bonchev–Trinajstić information content (AvgIpc) is 2.38. The molecule has 1 atom stereocenters. The summed E-state index contributed by atoms with van der Waals surface area (Å²) in [6, 6.07) is -0.476. The van der Waals surface area contributed by atoms with Crippen LogP contribution in [0.25, 0.3) is 6.08 Å². The highest BCUT2D eigenvalue weighted by Gasteiger charge is 2.29. The minimum atomic E-state index is -0.476. The van der Waals surface area contributed by atoms with Gasteiger partial charge in [0.25, 0.3) is 0 Å². The molecule has 0 spiro atoms. The Bertz CT molecular complexity index is 615. The van der Waals surface area contributed by atoms with E-state index in [0.29, 0.717) is 23.1 Å². The van der Waals surface area contributed by atoms with Crippen LogP contribution in [0.4, 0.5) is 0 Å². The van der Waals surface area contributed by atoms with Crippen LogP contribution in [0.3, 0.4) is 0 Å². The second-order valence-electron chi connectivity index (χ2n) is 4.62. The predicted octanol–water partition coefficient (Wildman–Crippen LogP) is 1.99. The third kappa shape index (κ3) is 1.32. The number of aromatic hydroxyl groups is 2. The van der Waals surface area contributed by atoms with Crippen molar-refractivity contribution in [2.45, 2.75) is 18.9 Å². The number of nitrogens with two attached hydrogens (primary N) is 1. The van der Waals surface area contributed by atoms with Crippen molar-refractivity contribution in [1.29, 1.82) is 5.41 Å². The third-order valence-electron chi connectivity index (χ3n) is 3.55. The largest absolute Gasteiger partial charge is 0.507 e. The fourth-order valence-electron chi connectivity index (χ4n) is 2.65. The van der Waals surface area contributed by atoms with Crippen molar-refractivity contribution >= 4 is 11.8 Å². The summed E-state index contributed by atoms with van der Waals surface area (Å²) in [4.78, 5) is 0. The molecule has 5 N–H and O–H groups in total. The zero-order valence-corrected chi connectivity index (χ0v) is 9.77. The summed E-state index contributed by atoms with van der Waals surface area (Å²) in [6.07, 6.45) is 8.49. The molecule has 0 aliphatic heterocycles. The van der Waals surface area contributed by atoms with Gasteiger partial charge in [-0.05, 0) is 18.9 Å². The van der Waals surface area contributed by atoms with Crippen molar-refractivity contribution in [3.05, 3.63) is 40.5 Å². The lowest BCUT2D eigenvalue weighted by molar-refractivity contribution is 0.442. The number of hydrogen-bond donors (Lipinski definition) is 4. The highest BCUT2D eigenvalue weighted by Crippen LogP contribution is 2.44. The first-order valence-corrected chi connectivity index (χ1v) is 5.91. The number of benzene rings is 1. The van der Waals surface area contributed by atoms with Gasteiger partial charge in [0.15, 0.2) is 0 Å². The minimum Gasteiger partial charge on any atom is -0.507 e. The molecule has 18 heavy (non-hydrogen) atoms. The first-order chi connectivity index (χ1) is 8.61. The zero-order valence-electron chi connectivity index (χ0n) is 9.77. The van der Waals surface area contributed by atoms with Gasteiger partial charge in [0.1, 0.15) is 11.5 Å². The summed E-state index contributed by atoms with van der Waals surface area (Å²) < 4.78 is 0. The molecule has 0 aromatic heterocycles. The second kappa shape index (κ2) is 3.71. The van der Waals surface area contributed by atoms with E-state index in [9.17, 15) is 10.2 Å². The van der Waals surface area contributed by atoms with Crippen LogP contribution in [0.5, 0.6) is 11.5 Å². The van der Waals surface area contributed by atoms with Gasteiger partial charge in [0, 0.05) is 16.7 Å². The third-order valence-corrected chi connectivity index (χ3v) is 3.55. The Morgan fingerprint density at radius 1 is 1.22 bits per heavy atom. The Hall–Kier alpha value is -2.07. The minimum absolute atomic E-state index is 0.0542. The topological polar surface area (TPSA) is 90.3 Å². The Morgan fingerprint density at radius 2 is 2.00 bits per heavy atom. The van der Waals surface area contributed by atoms with Crippen molar-refractivity contribution in [3.63, 3.8) is 0 Å². The average molecular weight is 242 g/mol. The Morgan fingerprint density at radius 3 is 2.78 bits per heavy atom. The maximum Gasteiger partial charge on any atom is 0.133 e. The number of phenolic OH excluding ortho intramolecular Hbond substituents is 2. The number of fused-ring (bicyclic) bond motifs is 2. The van der Waals surface area contributed by atoms with E-state index in [-0.39, 0.29) is 17.2 Å². The number of nitrogens with one attached hydrogen (secondary N) is 1. The van der Waals surface area contributed by atoms with Gasteiger partial charge in [-0.15, -0.1) is 0 Å². The summed E-state index contributed by atoms with van der Waals surface area (Å²) in [5, 5.41) is 28.5. The lowest BCUT2D eigenvalue weighted by atomic mass is 9.83. The second-order valence-corrected chi connectivity index (χ2v) is 4.62. The monoisotopic (exact) mass is 242 g/mol. The molecule has 0 fully saturated rings. The zero-order chi connectivity index (χ0) is 12.9. The highest BCUT2D eigenvalue weighted by atomic mass is 16.3. The standard InChI is InChI=1S/C14H14N2O2/c15-9-5-6-10(16)12-11(9)13(17)7-3-1-2-4-8(7)14(12)18/h1,3,5-6,10,15,17-18H,2,4,16H2. The number of allylic oxidation sites excluding steroid dienone is 2. The smallest absolute Gasteiger partial charge is 0.133 e. The molecule has 0 radical (unpaired) electrons. The summed E-state index contributed by atoms with van der Waals surface area (Å²) in [7, 11) is 0. The van der Waals surface area contributed by atoms with Crippen LogP contribution in [0.1, 0.15) is 34.7 Å². The molecule has 92 valence electrons. The predicted molar refractivity (Wildman–Crippen MR) is 70.0 cm³/mol.